The third-order valence-electron chi connectivity index (χ3n) is 9.26. The fourth-order valence-corrected chi connectivity index (χ4v) is 7.14. The molecule has 48 heavy (non-hydrogen) atoms. The molecular weight excluding hydrogens is 651 g/mol. The molecule has 1 saturated heterocycles. The molecule has 0 spiro atoms. The minimum Gasteiger partial charge on any atom is -0.507 e. The number of allylic oxidation sites excluding steroid dienone is 1. The van der Waals surface area contributed by atoms with E-state index in [1.54, 1.807) is 0 Å². The number of amides is 1. The molecule has 2 fully saturated rings. The van der Waals surface area contributed by atoms with Gasteiger partial charge < -0.3 is 40.1 Å². The zero-order valence-electron chi connectivity index (χ0n) is 25.2. The fourth-order valence-electron chi connectivity index (χ4n) is 7.14. The molecule has 1 aromatic carbocycles. The van der Waals surface area contributed by atoms with Gasteiger partial charge in [0.2, 0.25) is 0 Å². The highest BCUT2D eigenvalue weighted by molar-refractivity contribution is 6.29. The predicted molar refractivity (Wildman–Crippen MR) is 152 cm³/mol. The molecule has 14 nitrogen and oxygen atoms in total. The lowest BCUT2D eigenvalue weighted by Crippen LogP contribution is -2.57. The van der Waals surface area contributed by atoms with E-state index >= 15 is 0 Å². The molecule has 1 radical (unpaired) electrons. The molecule has 1 heterocycles. The highest BCUT2D eigenvalue weighted by atomic mass is 19.4. The number of ketones is 2. The quantitative estimate of drug-likeness (QED) is 0.205. The number of hydroxylamine groups is 1. The smallest absolute Gasteiger partial charge is 0.473 e. The van der Waals surface area contributed by atoms with E-state index < -0.39 is 114 Å². The van der Waals surface area contributed by atoms with Crippen LogP contribution < -0.4 is 10.2 Å². The Balaban J connectivity index is 1.66. The van der Waals surface area contributed by atoms with Crippen LogP contribution in [0.2, 0.25) is 0 Å². The normalized spacial score (nSPS) is 32.7. The summed E-state index contributed by atoms with van der Waals surface area (Å²) < 4.78 is 51.0. The summed E-state index contributed by atoms with van der Waals surface area (Å²) in [6, 6.07) is 4.09. The van der Waals surface area contributed by atoms with Crippen LogP contribution in [0.25, 0.3) is 0 Å². The summed E-state index contributed by atoms with van der Waals surface area (Å²) in [6.07, 6.45) is -15.1. The van der Waals surface area contributed by atoms with E-state index in [0.29, 0.717) is 0 Å². The van der Waals surface area contributed by atoms with Crippen molar-refractivity contribution in [1.29, 1.82) is 0 Å². The van der Waals surface area contributed by atoms with Crippen molar-refractivity contribution in [2.24, 2.45) is 17.8 Å². The number of alkyl halides is 3. The van der Waals surface area contributed by atoms with Crippen molar-refractivity contribution >= 4 is 23.4 Å². The topological polar surface area (TPSA) is 229 Å². The van der Waals surface area contributed by atoms with Crippen molar-refractivity contribution in [1.82, 2.24) is 5.48 Å². The Morgan fingerprint density at radius 1 is 1.06 bits per heavy atom. The van der Waals surface area contributed by atoms with Gasteiger partial charge in [-0.05, 0) is 36.8 Å². The molecule has 0 aromatic heterocycles. The second-order valence-corrected chi connectivity index (χ2v) is 12.1. The van der Waals surface area contributed by atoms with E-state index in [1.807, 2.05) is 0 Å². The Labute approximate surface area is 270 Å². The minimum atomic E-state index is -5.45. The van der Waals surface area contributed by atoms with Gasteiger partial charge in [-0.25, -0.2) is 5.48 Å². The van der Waals surface area contributed by atoms with Crippen molar-refractivity contribution in [2.75, 3.05) is 13.7 Å². The number of aliphatic hydroxyl groups excluding tert-OH is 5. The van der Waals surface area contributed by atoms with E-state index in [0.717, 1.165) is 6.42 Å². The van der Waals surface area contributed by atoms with Gasteiger partial charge in [0.1, 0.15) is 17.6 Å². The number of methoxy groups -OCH3 is 1. The van der Waals surface area contributed by atoms with Gasteiger partial charge in [-0.15, -0.1) is 0 Å². The van der Waals surface area contributed by atoms with E-state index in [4.69, 9.17) is 14.3 Å². The van der Waals surface area contributed by atoms with Crippen LogP contribution in [0, 0.1) is 24.2 Å². The van der Waals surface area contributed by atoms with Crippen LogP contribution in [-0.2, 0) is 19.2 Å². The second kappa shape index (κ2) is 13.6. The average Bonchev–Trinajstić information content (AvgIpc) is 3.08. The van der Waals surface area contributed by atoms with Gasteiger partial charge in [0.25, 0.3) is 0 Å². The third kappa shape index (κ3) is 6.45. The molecule has 7 N–H and O–H groups in total. The molecule has 0 bridgehead atoms. The Hall–Kier alpha value is -3.87. The van der Waals surface area contributed by atoms with Crippen molar-refractivity contribution in [3.8, 4) is 5.75 Å². The Morgan fingerprint density at radius 2 is 1.77 bits per heavy atom. The first-order chi connectivity index (χ1) is 22.6. The molecule has 9 atom stereocenters. The number of aliphatic hydroxyl groups is 5. The van der Waals surface area contributed by atoms with Gasteiger partial charge in [0.05, 0.1) is 61.8 Å². The van der Waals surface area contributed by atoms with Gasteiger partial charge in [0.15, 0.2) is 11.6 Å². The number of carboxylic acid groups (broad SMARTS) is 1. The van der Waals surface area contributed by atoms with Crippen LogP contribution in [-0.4, -0.2) is 111 Å². The lowest BCUT2D eigenvalue weighted by atomic mass is 9.59. The van der Waals surface area contributed by atoms with E-state index in [-0.39, 0.29) is 41.7 Å². The number of nitrogens with one attached hydrogen (secondary N) is 1. The molecule has 1 aliphatic heterocycles. The van der Waals surface area contributed by atoms with Gasteiger partial charge in [-0.1, -0.05) is 12.1 Å². The number of fused-ring (bicyclic) bond motifs is 2. The average molecular weight is 685 g/mol. The summed E-state index contributed by atoms with van der Waals surface area (Å²) in [7, 11) is 1.23. The first-order valence-electron chi connectivity index (χ1n) is 14.9. The summed E-state index contributed by atoms with van der Waals surface area (Å²) in [6.45, 7) is -0.480. The van der Waals surface area contributed by atoms with Crippen molar-refractivity contribution < 1.29 is 77.3 Å². The summed E-state index contributed by atoms with van der Waals surface area (Å²) in [5.41, 5.74) is -0.591. The maximum absolute atomic E-state index is 13.9. The molecule has 4 aliphatic rings. The molecule has 1 aromatic rings. The Bertz CT molecular complexity index is 1560. The number of carboxylic acids is 1. The molecular formula is C31H33F3NO13. The Kier molecular flexibility index (Phi) is 10.0. The third-order valence-corrected chi connectivity index (χ3v) is 9.26. The highest BCUT2D eigenvalue weighted by Crippen LogP contribution is 2.52. The van der Waals surface area contributed by atoms with E-state index in [9.17, 15) is 63.0 Å². The van der Waals surface area contributed by atoms with Gasteiger partial charge >= 0.3 is 18.1 Å². The molecule has 5 unspecified atom stereocenters. The first-order valence-corrected chi connectivity index (χ1v) is 14.9. The van der Waals surface area contributed by atoms with E-state index in [1.165, 1.54) is 30.8 Å². The SMILES string of the molecule is COc1cccc2c1C(=O)C1=C(C2=O)C(O)=C2CC([CH]C(=O)O)C([C@@H]3CC[C@H](O)[C@H](O)C[C@@H](O)CO3)C(ONC(=O)C(F)(F)F)C2C1O. The summed E-state index contributed by atoms with van der Waals surface area (Å²) in [5.74, 6) is -11.1. The van der Waals surface area contributed by atoms with Crippen molar-refractivity contribution in [3.63, 3.8) is 0 Å². The number of benzene rings is 1. The number of carbonyl (C=O) groups excluding carboxylic acids is 3. The standard InChI is InChI=1S/C31H33F3NO13/c1-46-17-4-2-3-13-21(17)27(43)24-23(25(13)41)26(42)14-7-11(8-19(39)40)20(18-6-5-15(37)16(38)9-12(36)10-47-18)29(22(14)28(24)44)48-35-30(45)31(32,33)34/h2-4,8,11-12,15-16,18,20,22,28-29,36-38,42,44H,5-7,9-10H2,1H3,(H,35,45)(H,39,40)/t11?,12-,15+,16-,18+,20?,22?,28?,29?/m1/s1. The van der Waals surface area contributed by atoms with Crippen LogP contribution in [0.15, 0.2) is 40.7 Å². The van der Waals surface area contributed by atoms with E-state index in [2.05, 4.69) is 0 Å². The zero-order chi connectivity index (χ0) is 35.2. The molecule has 17 heteroatoms. The maximum Gasteiger partial charge on any atom is 0.473 e. The number of ether oxygens (including phenoxy) is 2. The number of hydrogen-bond acceptors (Lipinski definition) is 12. The van der Waals surface area contributed by atoms with Gasteiger partial charge in [0, 0.05) is 29.4 Å². The summed E-state index contributed by atoms with van der Waals surface area (Å²) in [5, 5.41) is 64.2. The molecule has 5 rings (SSSR count). The number of hydrogen-bond donors (Lipinski definition) is 7. The van der Waals surface area contributed by atoms with Crippen LogP contribution >= 0.6 is 0 Å². The minimum absolute atomic E-state index is 0.0416. The molecule has 3 aliphatic carbocycles. The fraction of sp³-hybridized carbons (Fsp3) is 0.516. The number of rotatable bonds is 6. The van der Waals surface area contributed by atoms with Crippen molar-refractivity contribution in [2.45, 2.75) is 68.5 Å². The lowest BCUT2D eigenvalue weighted by molar-refractivity contribution is -0.203. The monoisotopic (exact) mass is 684 g/mol. The number of aliphatic carboxylic acids is 1. The molecule has 261 valence electrons. The van der Waals surface area contributed by atoms with Crippen LogP contribution in [0.5, 0.6) is 5.75 Å². The van der Waals surface area contributed by atoms with Crippen LogP contribution in [0.3, 0.4) is 0 Å². The second-order valence-electron chi connectivity index (χ2n) is 12.1. The number of Topliss-reactive ketones (excluding diaryl/α,β-unsaturated/α-hetero) is 2. The van der Waals surface area contributed by atoms with Crippen molar-refractivity contribution in [3.05, 3.63) is 58.2 Å². The van der Waals surface area contributed by atoms with Gasteiger partial charge in [-0.3, -0.25) is 24.0 Å². The summed E-state index contributed by atoms with van der Waals surface area (Å²) in [4.78, 5) is 56.9. The predicted octanol–water partition coefficient (Wildman–Crippen LogP) is 0.729. The zero-order valence-corrected chi connectivity index (χ0v) is 25.2. The molecule has 1 amide bonds. The largest absolute Gasteiger partial charge is 0.507 e. The number of halogens is 3. The number of carbonyl (C=O) groups is 4. The lowest BCUT2D eigenvalue weighted by Gasteiger charge is -2.49. The highest BCUT2D eigenvalue weighted by Gasteiger charge is 2.57. The van der Waals surface area contributed by atoms with Crippen LogP contribution in [0.4, 0.5) is 13.2 Å². The van der Waals surface area contributed by atoms with Crippen LogP contribution in [0.1, 0.15) is 46.4 Å². The summed E-state index contributed by atoms with van der Waals surface area (Å²) >= 11 is 0. The van der Waals surface area contributed by atoms with Gasteiger partial charge in [-0.2, -0.15) is 13.2 Å². The first kappa shape index (κ1) is 35.4. The Morgan fingerprint density at radius 3 is 2.42 bits per heavy atom. The molecule has 1 saturated carbocycles. The maximum atomic E-state index is 13.9.